The zero-order valence-electron chi connectivity index (χ0n) is 70.5. The Kier molecular flexibility index (Phi) is 81.5. The zero-order valence-corrected chi connectivity index (χ0v) is 72.3. The normalized spacial score (nSPS) is 14.8. The van der Waals surface area contributed by atoms with E-state index in [1.807, 2.05) is 0 Å². The molecule has 642 valence electrons. The second-order valence-electron chi connectivity index (χ2n) is 28.5. The number of allylic oxidation sites excluding steroid dienone is 32. The van der Waals surface area contributed by atoms with Gasteiger partial charge in [-0.05, 0) is 161 Å². The Morgan fingerprint density at radius 2 is 0.442 bits per heavy atom. The van der Waals surface area contributed by atoms with E-state index in [4.69, 9.17) is 32.3 Å². The standard InChI is InChI=1S/C95H156O16P2/c1-4-7-10-13-16-19-22-25-28-31-34-36-38-40-42-43-44-45-47-49-50-52-55-57-60-63-66-69-72-75-78-81-93(98)105-84-90(96)85-107-112(101,102)108-86-91(97)87-109-113(103,104)110-89-92(111-95(100)83-80-77-74-71-68-65-62-59-54-33-30-27-24-21-18-15-12-9-6-3)88-106-94(99)82-79-76-73-70-67-64-61-58-56-53-51-48-46-41-39-37-35-32-29-26-23-20-17-14-11-8-5-2/h7-12,16-21,25-30,34-37,40-42,44-46,54,59,65,68,90-92,96-97H,4-6,13-15,22-24,31-33,38-39,43,47-53,55-58,60-64,66-67,69-89H2,1-3H3,(H,101,102)(H,103,104)/b10-7-,11-8-,12-9-,19-16-,20-17-,21-18-,28-25-,29-26-,30-27-,36-34-,37-35-,42-40-,45-44-,46-41-,59-54-,68-65-. The molecule has 0 aliphatic heterocycles. The van der Waals surface area contributed by atoms with Crippen LogP contribution in [0.15, 0.2) is 194 Å². The molecule has 0 aromatic rings. The van der Waals surface area contributed by atoms with Gasteiger partial charge in [-0.1, -0.05) is 344 Å². The molecule has 0 radical (unpaired) electrons. The van der Waals surface area contributed by atoms with Gasteiger partial charge in [-0.15, -0.1) is 0 Å². The Morgan fingerprint density at radius 1 is 0.248 bits per heavy atom. The first kappa shape index (κ1) is 107. The zero-order chi connectivity index (χ0) is 82.2. The van der Waals surface area contributed by atoms with Crippen molar-refractivity contribution >= 4 is 33.6 Å². The highest BCUT2D eigenvalue weighted by atomic mass is 31.2. The van der Waals surface area contributed by atoms with Crippen LogP contribution in [0.3, 0.4) is 0 Å². The summed E-state index contributed by atoms with van der Waals surface area (Å²) < 4.78 is 61.3. The van der Waals surface area contributed by atoms with Gasteiger partial charge in [0.15, 0.2) is 6.10 Å². The van der Waals surface area contributed by atoms with Crippen LogP contribution in [0.1, 0.15) is 329 Å². The lowest BCUT2D eigenvalue weighted by molar-refractivity contribution is -0.161. The van der Waals surface area contributed by atoms with Crippen molar-refractivity contribution < 1.29 is 75.8 Å². The molecule has 0 saturated heterocycles. The predicted molar refractivity (Wildman–Crippen MR) is 472 cm³/mol. The Balaban J connectivity index is 4.61. The average Bonchev–Trinajstić information content (AvgIpc) is 0.899. The van der Waals surface area contributed by atoms with Gasteiger partial charge in [0.2, 0.25) is 0 Å². The van der Waals surface area contributed by atoms with E-state index in [0.717, 1.165) is 180 Å². The molecule has 0 heterocycles. The monoisotopic (exact) mass is 1620 g/mol. The molecule has 0 fully saturated rings. The molecule has 0 amide bonds. The van der Waals surface area contributed by atoms with Crippen LogP contribution in [-0.4, -0.2) is 95.9 Å². The molecule has 0 saturated carbocycles. The number of rotatable bonds is 81. The van der Waals surface area contributed by atoms with Crippen LogP contribution in [0, 0.1) is 0 Å². The molecular weight excluding hydrogens is 1460 g/mol. The van der Waals surface area contributed by atoms with Crippen LogP contribution in [0.2, 0.25) is 0 Å². The van der Waals surface area contributed by atoms with Crippen molar-refractivity contribution in [1.82, 2.24) is 0 Å². The topological polar surface area (TPSA) is 231 Å². The highest BCUT2D eigenvalue weighted by Crippen LogP contribution is 2.45. The second-order valence-corrected chi connectivity index (χ2v) is 31.5. The minimum atomic E-state index is -4.95. The van der Waals surface area contributed by atoms with Gasteiger partial charge in [0.1, 0.15) is 25.4 Å². The molecule has 0 aliphatic rings. The van der Waals surface area contributed by atoms with Crippen molar-refractivity contribution in [3.63, 3.8) is 0 Å². The van der Waals surface area contributed by atoms with Crippen molar-refractivity contribution in [3.8, 4) is 0 Å². The van der Waals surface area contributed by atoms with E-state index in [1.54, 1.807) is 0 Å². The lowest BCUT2D eigenvalue weighted by Crippen LogP contribution is -2.30. The third-order valence-electron chi connectivity index (χ3n) is 17.8. The molecule has 5 unspecified atom stereocenters. The van der Waals surface area contributed by atoms with E-state index in [-0.39, 0.29) is 19.3 Å². The summed E-state index contributed by atoms with van der Waals surface area (Å²) in [5.41, 5.74) is 0. The van der Waals surface area contributed by atoms with Gasteiger partial charge < -0.3 is 34.2 Å². The van der Waals surface area contributed by atoms with Crippen molar-refractivity contribution in [2.24, 2.45) is 0 Å². The first-order valence-electron chi connectivity index (χ1n) is 43.7. The second kappa shape index (κ2) is 85.8. The fraction of sp³-hybridized carbons (Fsp3) is 0.632. The number of aliphatic hydroxyl groups excluding tert-OH is 2. The van der Waals surface area contributed by atoms with Crippen molar-refractivity contribution in [3.05, 3.63) is 194 Å². The van der Waals surface area contributed by atoms with E-state index < -0.39 is 91.5 Å². The largest absolute Gasteiger partial charge is 0.472 e. The van der Waals surface area contributed by atoms with E-state index in [0.29, 0.717) is 19.3 Å². The average molecular weight is 1620 g/mol. The number of unbranched alkanes of at least 4 members (excludes halogenated alkanes) is 26. The Morgan fingerprint density at radius 3 is 0.708 bits per heavy atom. The number of carbonyl (C=O) groups is 3. The number of phosphoric acid groups is 2. The molecule has 0 rings (SSSR count). The maximum atomic E-state index is 13.0. The van der Waals surface area contributed by atoms with Crippen LogP contribution in [0.5, 0.6) is 0 Å². The number of esters is 3. The molecule has 0 spiro atoms. The minimum absolute atomic E-state index is 0.0586. The Hall–Kier alpha value is -5.61. The van der Waals surface area contributed by atoms with Gasteiger partial charge in [0, 0.05) is 19.3 Å². The first-order chi connectivity index (χ1) is 55.2. The van der Waals surface area contributed by atoms with E-state index in [2.05, 4.69) is 215 Å². The molecule has 16 nitrogen and oxygen atoms in total. The van der Waals surface area contributed by atoms with Crippen LogP contribution in [0.25, 0.3) is 0 Å². The summed E-state index contributed by atoms with van der Waals surface area (Å²) in [5, 5.41) is 20.7. The fourth-order valence-corrected chi connectivity index (χ4v) is 12.9. The van der Waals surface area contributed by atoms with E-state index >= 15 is 0 Å². The number of aliphatic hydroxyl groups is 2. The predicted octanol–water partition coefficient (Wildman–Crippen LogP) is 26.7. The summed E-state index contributed by atoms with van der Waals surface area (Å²) in [7, 11) is -9.83. The summed E-state index contributed by atoms with van der Waals surface area (Å²) >= 11 is 0. The summed E-state index contributed by atoms with van der Waals surface area (Å²) in [5.74, 6) is -1.62. The molecule has 18 heteroatoms. The number of hydrogen-bond donors (Lipinski definition) is 4. The quantitative estimate of drug-likeness (QED) is 0.0146. The maximum absolute atomic E-state index is 13.0. The summed E-state index contributed by atoms with van der Waals surface area (Å²) in [6, 6.07) is 0. The number of hydrogen-bond acceptors (Lipinski definition) is 14. The summed E-state index contributed by atoms with van der Waals surface area (Å²) in [6.07, 6.45) is 113. The van der Waals surface area contributed by atoms with Crippen molar-refractivity contribution in [1.29, 1.82) is 0 Å². The third-order valence-corrected chi connectivity index (χ3v) is 19.7. The van der Waals surface area contributed by atoms with Crippen LogP contribution in [0.4, 0.5) is 0 Å². The van der Waals surface area contributed by atoms with E-state index in [1.165, 1.54) is 89.9 Å². The maximum Gasteiger partial charge on any atom is 0.472 e. The number of carbonyl (C=O) groups excluding carboxylic acids is 3. The molecule has 0 bridgehead atoms. The van der Waals surface area contributed by atoms with Gasteiger partial charge in [-0.2, -0.15) is 0 Å². The highest BCUT2D eigenvalue weighted by Gasteiger charge is 2.29. The molecule has 4 N–H and O–H groups in total. The van der Waals surface area contributed by atoms with Gasteiger partial charge in [-0.3, -0.25) is 32.5 Å². The Bertz CT molecular complexity index is 2830. The van der Waals surface area contributed by atoms with Gasteiger partial charge in [0.05, 0.1) is 26.4 Å². The molecule has 5 atom stereocenters. The van der Waals surface area contributed by atoms with Crippen LogP contribution >= 0.6 is 15.6 Å². The third kappa shape index (κ3) is 87.1. The lowest BCUT2D eigenvalue weighted by atomic mass is 10.0. The van der Waals surface area contributed by atoms with Crippen molar-refractivity contribution in [2.45, 2.75) is 347 Å². The smallest absolute Gasteiger partial charge is 0.463 e. The molecule has 0 aliphatic carbocycles. The lowest BCUT2D eigenvalue weighted by Gasteiger charge is -2.21. The van der Waals surface area contributed by atoms with Crippen LogP contribution in [-0.2, 0) is 55.8 Å². The fourth-order valence-electron chi connectivity index (χ4n) is 11.3. The SMILES string of the molecule is CC/C=C\C/C=C\C/C=C\C/C=C\C/C=C\C/C=C\CCCCCCCCCCCCCCC(=O)OCC(O)COP(=O)(O)OCC(O)COP(=O)(O)OCC(COC(=O)CCCCCCCCCCCCC/C=C\C/C=C\C/C=C\C/C=C\C/C=C\CC)OC(=O)CCCCC/C=C\C/C=C\C/C=C\C/C=C\C/C=C\CC. The summed E-state index contributed by atoms with van der Waals surface area (Å²) in [4.78, 5) is 58.9. The first-order valence-corrected chi connectivity index (χ1v) is 46.7. The Labute approximate surface area is 687 Å². The summed E-state index contributed by atoms with van der Waals surface area (Å²) in [6.45, 7) is 2.30. The van der Waals surface area contributed by atoms with Gasteiger partial charge in [0.25, 0.3) is 0 Å². The number of phosphoric ester groups is 2. The molecule has 113 heavy (non-hydrogen) atoms. The molecular formula is C95H156O16P2. The van der Waals surface area contributed by atoms with Gasteiger partial charge >= 0.3 is 33.6 Å². The van der Waals surface area contributed by atoms with Gasteiger partial charge in [-0.25, -0.2) is 9.13 Å². The number of ether oxygens (including phenoxy) is 3. The molecule has 0 aromatic heterocycles. The highest BCUT2D eigenvalue weighted by molar-refractivity contribution is 7.47. The van der Waals surface area contributed by atoms with Crippen molar-refractivity contribution in [2.75, 3.05) is 39.6 Å². The molecule has 0 aromatic carbocycles. The minimum Gasteiger partial charge on any atom is -0.463 e. The van der Waals surface area contributed by atoms with Crippen LogP contribution < -0.4 is 0 Å². The van der Waals surface area contributed by atoms with E-state index in [9.17, 15) is 43.5 Å².